The van der Waals surface area contributed by atoms with E-state index < -0.39 is 17.0 Å². The molecule has 1 aromatic heterocycles. The third-order valence-corrected chi connectivity index (χ3v) is 5.33. The van der Waals surface area contributed by atoms with Crippen LogP contribution in [-0.2, 0) is 15.7 Å². The molecule has 0 amide bonds. The molecule has 1 N–H and O–H groups in total. The van der Waals surface area contributed by atoms with Gasteiger partial charge >= 0.3 is 5.97 Å². The number of halogens is 1. The van der Waals surface area contributed by atoms with Crippen molar-refractivity contribution in [2.75, 3.05) is 11.8 Å². The Morgan fingerprint density at radius 1 is 1.07 bits per heavy atom. The molecule has 28 heavy (non-hydrogen) atoms. The molecule has 8 heteroatoms. The lowest BCUT2D eigenvalue weighted by atomic mass is 10.00. The molecule has 0 radical (unpaired) electrons. The fourth-order valence-corrected chi connectivity index (χ4v) is 3.80. The second-order valence-corrected chi connectivity index (χ2v) is 7.66. The van der Waals surface area contributed by atoms with Crippen molar-refractivity contribution in [3.05, 3.63) is 70.4 Å². The Morgan fingerprint density at radius 2 is 1.75 bits per heavy atom. The van der Waals surface area contributed by atoms with Gasteiger partial charge < -0.3 is 4.74 Å². The van der Waals surface area contributed by atoms with Crippen molar-refractivity contribution in [2.45, 2.75) is 18.7 Å². The number of anilines is 1. The summed E-state index contributed by atoms with van der Waals surface area (Å²) >= 11 is 6.17. The Hall–Kier alpha value is -2.77. The predicted molar refractivity (Wildman–Crippen MR) is 110 cm³/mol. The first-order valence-electron chi connectivity index (χ1n) is 8.37. The Balaban J connectivity index is 1.92. The van der Waals surface area contributed by atoms with Gasteiger partial charge in [0.15, 0.2) is 11.0 Å². The minimum absolute atomic E-state index is 0.131. The molecule has 3 rings (SSSR count). The molecule has 0 aliphatic carbocycles. The summed E-state index contributed by atoms with van der Waals surface area (Å²) in [5.74, 6) is -0.373. The van der Waals surface area contributed by atoms with E-state index in [0.717, 1.165) is 16.7 Å². The zero-order valence-corrected chi connectivity index (χ0v) is 17.1. The van der Waals surface area contributed by atoms with Crippen molar-refractivity contribution in [3.63, 3.8) is 0 Å². The predicted octanol–water partition coefficient (Wildman–Crippen LogP) is 4.34. The van der Waals surface area contributed by atoms with Crippen LogP contribution in [-0.4, -0.2) is 27.3 Å². The first-order valence-corrected chi connectivity index (χ1v) is 9.90. The summed E-state index contributed by atoms with van der Waals surface area (Å²) in [6.07, 6.45) is 0. The van der Waals surface area contributed by atoms with Crippen LogP contribution in [0.1, 0.15) is 21.5 Å². The van der Waals surface area contributed by atoms with Crippen LogP contribution in [0, 0.1) is 13.8 Å². The van der Waals surface area contributed by atoms with E-state index in [4.69, 9.17) is 16.3 Å². The molecule has 0 fully saturated rings. The number of aromatic nitrogens is 2. The molecule has 2 aromatic carbocycles. The van der Waals surface area contributed by atoms with E-state index in [1.807, 2.05) is 32.0 Å². The van der Waals surface area contributed by atoms with Crippen molar-refractivity contribution in [1.29, 1.82) is 0 Å². The van der Waals surface area contributed by atoms with Crippen molar-refractivity contribution >= 4 is 34.5 Å². The quantitative estimate of drug-likeness (QED) is 0.495. The third kappa shape index (κ3) is 4.37. The van der Waals surface area contributed by atoms with Gasteiger partial charge in [0.25, 0.3) is 0 Å². The molecule has 0 saturated carbocycles. The van der Waals surface area contributed by atoms with Crippen molar-refractivity contribution in [1.82, 2.24) is 9.97 Å². The maximum absolute atomic E-state index is 12.7. The fraction of sp³-hybridized carbons (Fsp3) is 0.150. The highest BCUT2D eigenvalue weighted by Gasteiger charge is 2.14. The Kier molecular flexibility index (Phi) is 6.06. The molecule has 0 saturated heterocycles. The molecule has 144 valence electrons. The molecule has 0 aliphatic rings. The summed E-state index contributed by atoms with van der Waals surface area (Å²) in [7, 11) is -0.397. The summed E-state index contributed by atoms with van der Waals surface area (Å²) in [6, 6.07) is 14.0. The van der Waals surface area contributed by atoms with Crippen LogP contribution in [0.15, 0.2) is 53.4 Å². The second-order valence-electron chi connectivity index (χ2n) is 6.06. The lowest BCUT2D eigenvalue weighted by molar-refractivity contribution is 0.0600. The number of ether oxygens (including phenoxy) is 1. The molecule has 1 heterocycles. The first kappa shape index (κ1) is 20.0. The van der Waals surface area contributed by atoms with Crippen LogP contribution in [0.5, 0.6) is 0 Å². The van der Waals surface area contributed by atoms with E-state index >= 15 is 0 Å². The zero-order valence-electron chi connectivity index (χ0n) is 15.5. The summed E-state index contributed by atoms with van der Waals surface area (Å²) in [4.78, 5) is 20.7. The molecule has 1 unspecified atom stereocenters. The number of aryl methyl sites for hydroxylation is 2. The number of hydrogen-bond donors (Lipinski definition) is 1. The van der Waals surface area contributed by atoms with E-state index in [2.05, 4.69) is 14.7 Å². The van der Waals surface area contributed by atoms with Gasteiger partial charge in [-0.25, -0.2) is 19.0 Å². The van der Waals surface area contributed by atoms with Gasteiger partial charge in [0, 0.05) is 11.6 Å². The van der Waals surface area contributed by atoms with Crippen LogP contribution in [0.3, 0.4) is 0 Å². The molecule has 3 aromatic rings. The summed E-state index contributed by atoms with van der Waals surface area (Å²) in [5.41, 5.74) is 3.99. The van der Waals surface area contributed by atoms with Crippen LogP contribution in [0.4, 0.5) is 5.95 Å². The SMILES string of the molecule is COC(=O)c1cccc(S(=O)Nc2nc(Cl)cc(-c3c(C)cccc3C)n2)c1. The Morgan fingerprint density at radius 3 is 2.43 bits per heavy atom. The standard InChI is InChI=1S/C20H18ClN3O3S/c1-12-6-4-7-13(2)18(12)16-11-17(21)23-20(22-16)24-28(26)15-9-5-8-14(10-15)19(25)27-3/h4-11H,1-3H3,(H,22,23,24). The smallest absolute Gasteiger partial charge is 0.337 e. The van der Waals surface area contributed by atoms with Gasteiger partial charge in [0.2, 0.25) is 5.95 Å². The minimum Gasteiger partial charge on any atom is -0.465 e. The first-order chi connectivity index (χ1) is 13.4. The summed E-state index contributed by atoms with van der Waals surface area (Å²) in [6.45, 7) is 3.98. The number of benzene rings is 2. The molecule has 1 atom stereocenters. The number of carbonyl (C=O) groups excluding carboxylic acids is 1. The second kappa shape index (κ2) is 8.50. The van der Waals surface area contributed by atoms with Gasteiger partial charge in [-0.1, -0.05) is 35.9 Å². The number of nitrogens with one attached hydrogen (secondary N) is 1. The number of esters is 1. The van der Waals surface area contributed by atoms with Crippen LogP contribution in [0.25, 0.3) is 11.3 Å². The van der Waals surface area contributed by atoms with Crippen molar-refractivity contribution < 1.29 is 13.7 Å². The van der Waals surface area contributed by atoms with E-state index in [9.17, 15) is 9.00 Å². The lowest BCUT2D eigenvalue weighted by Gasteiger charge is -2.11. The highest BCUT2D eigenvalue weighted by Crippen LogP contribution is 2.28. The van der Waals surface area contributed by atoms with Gasteiger partial charge in [-0.15, -0.1) is 0 Å². The fourth-order valence-electron chi connectivity index (χ4n) is 2.81. The van der Waals surface area contributed by atoms with Crippen LogP contribution in [0.2, 0.25) is 5.15 Å². The largest absolute Gasteiger partial charge is 0.465 e. The topological polar surface area (TPSA) is 81.2 Å². The maximum Gasteiger partial charge on any atom is 0.337 e. The number of hydrogen-bond acceptors (Lipinski definition) is 5. The highest BCUT2D eigenvalue weighted by atomic mass is 35.5. The molecule has 0 aliphatic heterocycles. The van der Waals surface area contributed by atoms with Crippen molar-refractivity contribution in [3.8, 4) is 11.3 Å². The summed E-state index contributed by atoms with van der Waals surface area (Å²) in [5, 5.41) is 0.232. The molecule has 6 nitrogen and oxygen atoms in total. The van der Waals surface area contributed by atoms with E-state index in [1.54, 1.807) is 24.3 Å². The van der Waals surface area contributed by atoms with Gasteiger partial charge in [-0.3, -0.25) is 4.72 Å². The van der Waals surface area contributed by atoms with Gasteiger partial charge in [0.1, 0.15) is 5.15 Å². The normalized spacial score (nSPS) is 11.7. The number of methoxy groups -OCH3 is 1. The molecular weight excluding hydrogens is 398 g/mol. The minimum atomic E-state index is -1.69. The third-order valence-electron chi connectivity index (χ3n) is 4.09. The average Bonchev–Trinajstić information content (AvgIpc) is 2.67. The van der Waals surface area contributed by atoms with E-state index in [1.165, 1.54) is 13.2 Å². The Labute approximate surface area is 170 Å². The monoisotopic (exact) mass is 415 g/mol. The lowest BCUT2D eigenvalue weighted by Crippen LogP contribution is -2.10. The number of rotatable bonds is 5. The summed E-state index contributed by atoms with van der Waals surface area (Å²) < 4.78 is 20.1. The van der Waals surface area contributed by atoms with Crippen LogP contribution < -0.4 is 4.72 Å². The average molecular weight is 416 g/mol. The highest BCUT2D eigenvalue weighted by molar-refractivity contribution is 7.86. The number of nitrogens with zero attached hydrogens (tertiary/aromatic N) is 2. The molecule has 0 spiro atoms. The maximum atomic E-state index is 12.7. The van der Waals surface area contributed by atoms with Gasteiger partial charge in [-0.05, 0) is 43.2 Å². The zero-order chi connectivity index (χ0) is 20.3. The Bertz CT molecular complexity index is 1050. The van der Waals surface area contributed by atoms with E-state index in [-0.39, 0.29) is 11.1 Å². The van der Waals surface area contributed by atoms with Gasteiger partial charge in [0.05, 0.1) is 23.3 Å². The van der Waals surface area contributed by atoms with E-state index in [0.29, 0.717) is 16.2 Å². The van der Waals surface area contributed by atoms with Crippen LogP contribution >= 0.6 is 11.6 Å². The number of carbonyl (C=O) groups is 1. The van der Waals surface area contributed by atoms with Gasteiger partial charge in [-0.2, -0.15) is 0 Å². The van der Waals surface area contributed by atoms with Crippen molar-refractivity contribution in [2.24, 2.45) is 0 Å². The molecule has 0 bridgehead atoms. The molecular formula is C20H18ClN3O3S.